The number of β-amino-alcohol motifs (C(OH)–C–C–N with tert-alkyl or cyclic N) is 1. The summed E-state index contributed by atoms with van der Waals surface area (Å²) < 4.78 is 0. The van der Waals surface area contributed by atoms with Crippen molar-refractivity contribution in [1.29, 1.82) is 0 Å². The Labute approximate surface area is 89.2 Å². The molecule has 0 aliphatic carbocycles. The van der Waals surface area contributed by atoms with Gasteiger partial charge in [-0.2, -0.15) is 0 Å². The fourth-order valence-corrected chi connectivity index (χ4v) is 1.97. The van der Waals surface area contributed by atoms with Crippen LogP contribution in [0.15, 0.2) is 24.4 Å². The molecule has 2 atom stereocenters. The molecule has 1 aromatic heterocycles. The third kappa shape index (κ3) is 2.53. The van der Waals surface area contributed by atoms with E-state index in [1.54, 1.807) is 6.20 Å². The summed E-state index contributed by atoms with van der Waals surface area (Å²) in [6.45, 7) is 2.17. The predicted octanol–water partition coefficient (Wildman–Crippen LogP) is -0.133. The number of likely N-dealkylation sites (tertiary alicyclic amines) is 1. The summed E-state index contributed by atoms with van der Waals surface area (Å²) in [4.78, 5) is 6.35. The minimum absolute atomic E-state index is 0.00582. The second-order valence-corrected chi connectivity index (χ2v) is 4.03. The van der Waals surface area contributed by atoms with Gasteiger partial charge in [0.25, 0.3) is 0 Å². The van der Waals surface area contributed by atoms with E-state index >= 15 is 0 Å². The molecule has 0 saturated carbocycles. The van der Waals surface area contributed by atoms with Crippen molar-refractivity contribution in [2.75, 3.05) is 19.7 Å². The largest absolute Gasteiger partial charge is 0.396 e. The minimum Gasteiger partial charge on any atom is -0.396 e. The molecular formula is C11H16N2O2. The number of rotatable bonds is 3. The van der Waals surface area contributed by atoms with Crippen molar-refractivity contribution in [2.45, 2.75) is 12.6 Å². The van der Waals surface area contributed by atoms with Crippen molar-refractivity contribution in [3.05, 3.63) is 30.1 Å². The topological polar surface area (TPSA) is 56.6 Å². The summed E-state index contributed by atoms with van der Waals surface area (Å²) in [6.07, 6.45) is 1.37. The van der Waals surface area contributed by atoms with E-state index in [1.165, 1.54) is 0 Å². The van der Waals surface area contributed by atoms with E-state index in [0.29, 0.717) is 6.54 Å². The molecule has 2 rings (SSSR count). The first-order valence-electron chi connectivity index (χ1n) is 5.21. The van der Waals surface area contributed by atoms with Gasteiger partial charge in [0.2, 0.25) is 0 Å². The molecule has 2 heterocycles. The number of aliphatic hydroxyl groups is 2. The van der Waals surface area contributed by atoms with Crippen LogP contribution < -0.4 is 0 Å². The molecule has 1 saturated heterocycles. The summed E-state index contributed by atoms with van der Waals surface area (Å²) in [6, 6.07) is 5.82. The van der Waals surface area contributed by atoms with Gasteiger partial charge >= 0.3 is 0 Å². The van der Waals surface area contributed by atoms with Gasteiger partial charge in [0.1, 0.15) is 0 Å². The molecule has 2 N–H and O–H groups in total. The lowest BCUT2D eigenvalue weighted by Gasteiger charge is -2.13. The van der Waals surface area contributed by atoms with Gasteiger partial charge in [-0.1, -0.05) is 6.07 Å². The number of aliphatic hydroxyl groups excluding tert-OH is 2. The molecule has 1 aromatic rings. The monoisotopic (exact) mass is 208 g/mol. The normalized spacial score (nSPS) is 27.1. The van der Waals surface area contributed by atoms with E-state index in [4.69, 9.17) is 5.11 Å². The van der Waals surface area contributed by atoms with Crippen molar-refractivity contribution >= 4 is 0 Å². The second kappa shape index (κ2) is 4.70. The van der Waals surface area contributed by atoms with Crippen LogP contribution >= 0.6 is 0 Å². The van der Waals surface area contributed by atoms with Crippen molar-refractivity contribution < 1.29 is 10.2 Å². The maximum atomic E-state index is 9.62. The molecule has 4 nitrogen and oxygen atoms in total. The minimum atomic E-state index is -0.404. The summed E-state index contributed by atoms with van der Waals surface area (Å²) in [7, 11) is 0. The lowest BCUT2D eigenvalue weighted by Crippen LogP contribution is -2.21. The Kier molecular flexibility index (Phi) is 3.30. The van der Waals surface area contributed by atoms with Crippen LogP contribution in [0.3, 0.4) is 0 Å². The quantitative estimate of drug-likeness (QED) is 0.726. The summed E-state index contributed by atoms with van der Waals surface area (Å²) in [5, 5.41) is 18.6. The maximum Gasteiger partial charge on any atom is 0.0729 e. The molecular weight excluding hydrogens is 192 g/mol. The SMILES string of the molecule is OC[C@H]1CN(Cc2ccccn2)C[C@@H]1O. The van der Waals surface area contributed by atoms with Crippen LogP contribution in [0.2, 0.25) is 0 Å². The summed E-state index contributed by atoms with van der Waals surface area (Å²) in [5.41, 5.74) is 1.00. The highest BCUT2D eigenvalue weighted by atomic mass is 16.3. The smallest absolute Gasteiger partial charge is 0.0729 e. The number of pyridine rings is 1. The number of hydrogen-bond donors (Lipinski definition) is 2. The molecule has 1 aliphatic rings. The number of aromatic nitrogens is 1. The number of hydrogen-bond acceptors (Lipinski definition) is 4. The Morgan fingerprint density at radius 1 is 1.40 bits per heavy atom. The molecule has 1 aliphatic heterocycles. The Balaban J connectivity index is 1.92. The average molecular weight is 208 g/mol. The molecule has 0 unspecified atom stereocenters. The zero-order valence-electron chi connectivity index (χ0n) is 8.58. The van der Waals surface area contributed by atoms with E-state index in [1.807, 2.05) is 18.2 Å². The highest BCUT2D eigenvalue weighted by molar-refractivity contribution is 5.04. The first kappa shape index (κ1) is 10.5. The molecule has 0 aromatic carbocycles. The zero-order chi connectivity index (χ0) is 10.7. The van der Waals surface area contributed by atoms with Crippen LogP contribution in [-0.2, 0) is 6.54 Å². The maximum absolute atomic E-state index is 9.62. The van der Waals surface area contributed by atoms with Crippen LogP contribution in [0, 0.1) is 5.92 Å². The Morgan fingerprint density at radius 3 is 2.87 bits per heavy atom. The van der Waals surface area contributed by atoms with E-state index < -0.39 is 6.10 Å². The fourth-order valence-electron chi connectivity index (χ4n) is 1.97. The van der Waals surface area contributed by atoms with Gasteiger partial charge in [0, 0.05) is 38.4 Å². The Morgan fingerprint density at radius 2 is 2.27 bits per heavy atom. The zero-order valence-corrected chi connectivity index (χ0v) is 8.58. The lowest BCUT2D eigenvalue weighted by molar-refractivity contribution is 0.103. The Hall–Kier alpha value is -0.970. The predicted molar refractivity (Wildman–Crippen MR) is 56.1 cm³/mol. The molecule has 1 fully saturated rings. The first-order valence-corrected chi connectivity index (χ1v) is 5.21. The summed E-state index contributed by atoms with van der Waals surface area (Å²) >= 11 is 0. The third-order valence-electron chi connectivity index (χ3n) is 2.83. The van der Waals surface area contributed by atoms with Crippen molar-refractivity contribution in [3.8, 4) is 0 Å². The lowest BCUT2D eigenvalue weighted by atomic mass is 10.1. The molecule has 0 spiro atoms. The van der Waals surface area contributed by atoms with E-state index in [2.05, 4.69) is 9.88 Å². The van der Waals surface area contributed by atoms with Gasteiger partial charge in [-0.05, 0) is 12.1 Å². The highest BCUT2D eigenvalue weighted by Crippen LogP contribution is 2.17. The second-order valence-electron chi connectivity index (χ2n) is 4.03. The molecule has 82 valence electrons. The van der Waals surface area contributed by atoms with E-state index in [9.17, 15) is 5.11 Å². The van der Waals surface area contributed by atoms with Crippen LogP contribution in [0.25, 0.3) is 0 Å². The highest BCUT2D eigenvalue weighted by Gasteiger charge is 2.30. The van der Waals surface area contributed by atoms with Crippen molar-refractivity contribution in [1.82, 2.24) is 9.88 Å². The van der Waals surface area contributed by atoms with Gasteiger partial charge in [-0.25, -0.2) is 0 Å². The van der Waals surface area contributed by atoms with E-state index in [-0.39, 0.29) is 12.5 Å². The van der Waals surface area contributed by atoms with Crippen LogP contribution in [0.1, 0.15) is 5.69 Å². The van der Waals surface area contributed by atoms with Crippen LogP contribution in [-0.4, -0.2) is 45.9 Å². The molecule has 0 amide bonds. The van der Waals surface area contributed by atoms with Crippen molar-refractivity contribution in [2.24, 2.45) is 5.92 Å². The summed E-state index contributed by atoms with van der Waals surface area (Å²) in [5.74, 6) is -0.00582. The van der Waals surface area contributed by atoms with Crippen LogP contribution in [0.4, 0.5) is 0 Å². The third-order valence-corrected chi connectivity index (χ3v) is 2.83. The van der Waals surface area contributed by atoms with Gasteiger partial charge in [-0.15, -0.1) is 0 Å². The van der Waals surface area contributed by atoms with Gasteiger partial charge in [0.15, 0.2) is 0 Å². The molecule has 4 heteroatoms. The molecule has 0 bridgehead atoms. The van der Waals surface area contributed by atoms with Gasteiger partial charge in [0.05, 0.1) is 11.8 Å². The van der Waals surface area contributed by atoms with Gasteiger partial charge < -0.3 is 10.2 Å². The molecule has 0 radical (unpaired) electrons. The van der Waals surface area contributed by atoms with E-state index in [0.717, 1.165) is 18.8 Å². The number of nitrogens with zero attached hydrogens (tertiary/aromatic N) is 2. The van der Waals surface area contributed by atoms with Gasteiger partial charge in [-0.3, -0.25) is 9.88 Å². The Bertz CT molecular complexity index is 305. The standard InChI is InChI=1S/C11H16N2O2/c14-8-9-5-13(7-11(9)15)6-10-3-1-2-4-12-10/h1-4,9,11,14-15H,5-8H2/t9-,11+/m1/s1. The average Bonchev–Trinajstić information content (AvgIpc) is 2.60. The fraction of sp³-hybridized carbons (Fsp3) is 0.545. The van der Waals surface area contributed by atoms with Crippen molar-refractivity contribution in [3.63, 3.8) is 0 Å². The van der Waals surface area contributed by atoms with Crippen LogP contribution in [0.5, 0.6) is 0 Å². The molecule has 15 heavy (non-hydrogen) atoms. The first-order chi connectivity index (χ1) is 7.29.